The molecule has 0 unspecified atom stereocenters. The Morgan fingerprint density at radius 3 is 2.46 bits per heavy atom. The molecule has 0 bridgehead atoms. The number of halogens is 2. The number of hydrogen-bond donors (Lipinski definition) is 0. The fourth-order valence-corrected chi connectivity index (χ4v) is 2.83. The monoisotopic (exact) mass is 331 g/mol. The highest BCUT2D eigenvalue weighted by Gasteiger charge is 2.28. The van der Waals surface area contributed by atoms with E-state index in [9.17, 15) is 13.6 Å². The zero-order chi connectivity index (χ0) is 17.3. The summed E-state index contributed by atoms with van der Waals surface area (Å²) < 4.78 is 34.4. The number of methoxy groups -OCH3 is 1. The second-order valence-electron chi connectivity index (χ2n) is 5.42. The maximum Gasteiger partial charge on any atom is 0.387 e. The van der Waals surface area contributed by atoms with Gasteiger partial charge in [-0.2, -0.15) is 13.3 Å². The number of carbonyl (C=O) groups is 1. The van der Waals surface area contributed by atoms with Gasteiger partial charge in [0.2, 0.25) is 5.78 Å². The highest BCUT2D eigenvalue weighted by atomic mass is 19.3. The number of imidazole rings is 1. The third-order valence-corrected chi connectivity index (χ3v) is 4.08. The van der Waals surface area contributed by atoms with Crippen molar-refractivity contribution in [3.8, 4) is 5.75 Å². The summed E-state index contributed by atoms with van der Waals surface area (Å²) in [7, 11) is 1.55. The molecule has 3 rings (SSSR count). The Kier molecular flexibility index (Phi) is 4.29. The minimum atomic E-state index is -2.66. The number of ether oxygens (including phenoxy) is 1. The average Bonchev–Trinajstić information content (AvgIpc) is 2.87. The van der Waals surface area contributed by atoms with Gasteiger partial charge >= 0.3 is 6.55 Å². The van der Waals surface area contributed by atoms with Gasteiger partial charge < -0.3 is 4.74 Å². The highest BCUT2D eigenvalue weighted by Crippen LogP contribution is 2.21. The van der Waals surface area contributed by atoms with Crippen molar-refractivity contribution in [1.29, 1.82) is 0 Å². The topological polar surface area (TPSA) is 35.1 Å². The van der Waals surface area contributed by atoms with Gasteiger partial charge in [0.05, 0.1) is 7.11 Å². The summed E-state index contributed by atoms with van der Waals surface area (Å²) in [5.41, 5.74) is 1.53. The lowest BCUT2D eigenvalue weighted by molar-refractivity contribution is -0.664. The van der Waals surface area contributed by atoms with Crippen molar-refractivity contribution < 1.29 is 22.9 Å². The summed E-state index contributed by atoms with van der Waals surface area (Å²) in [4.78, 5) is 12.5. The van der Waals surface area contributed by atoms with E-state index >= 15 is 0 Å². The summed E-state index contributed by atoms with van der Waals surface area (Å²) in [5.74, 6) is 0.848. The minimum Gasteiger partial charge on any atom is -0.497 e. The molecule has 0 saturated heterocycles. The van der Waals surface area contributed by atoms with Crippen molar-refractivity contribution in [3.05, 3.63) is 59.9 Å². The Hall–Kier alpha value is -2.76. The van der Waals surface area contributed by atoms with Crippen molar-refractivity contribution >= 4 is 16.8 Å². The zero-order valence-electron chi connectivity index (χ0n) is 13.4. The first-order valence-electron chi connectivity index (χ1n) is 7.47. The predicted molar refractivity (Wildman–Crippen MR) is 85.4 cm³/mol. The SMILES string of the molecule is COc1ccc(C(=O)C[n+]2c(C)n(C(F)F)c3ccccc32)cc1. The number of benzene rings is 2. The van der Waals surface area contributed by atoms with Crippen LogP contribution in [-0.2, 0) is 6.54 Å². The number of hydrogen-bond acceptors (Lipinski definition) is 2. The van der Waals surface area contributed by atoms with E-state index in [4.69, 9.17) is 4.74 Å². The molecule has 124 valence electrons. The third-order valence-electron chi connectivity index (χ3n) is 4.08. The van der Waals surface area contributed by atoms with Crippen LogP contribution >= 0.6 is 0 Å². The Morgan fingerprint density at radius 2 is 1.83 bits per heavy atom. The summed E-state index contributed by atoms with van der Waals surface area (Å²) in [6, 6.07) is 13.6. The first kappa shape index (κ1) is 16.1. The predicted octanol–water partition coefficient (Wildman–Crippen LogP) is 3.52. The second kappa shape index (κ2) is 6.39. The van der Waals surface area contributed by atoms with Crippen molar-refractivity contribution in [2.45, 2.75) is 20.0 Å². The molecule has 0 amide bonds. The second-order valence-corrected chi connectivity index (χ2v) is 5.42. The van der Waals surface area contributed by atoms with Crippen LogP contribution in [0.3, 0.4) is 0 Å². The number of alkyl halides is 2. The lowest BCUT2D eigenvalue weighted by Crippen LogP contribution is -2.40. The molecule has 0 aliphatic rings. The van der Waals surface area contributed by atoms with E-state index in [0.29, 0.717) is 28.2 Å². The molecule has 0 aliphatic carbocycles. The maximum absolute atomic E-state index is 13.4. The molecule has 0 atom stereocenters. The van der Waals surface area contributed by atoms with E-state index in [0.717, 1.165) is 4.57 Å². The molecule has 0 spiro atoms. The molecular formula is C18H17F2N2O2+. The maximum atomic E-state index is 13.4. The normalized spacial score (nSPS) is 11.2. The fourth-order valence-electron chi connectivity index (χ4n) is 2.83. The Morgan fingerprint density at radius 1 is 1.17 bits per heavy atom. The van der Waals surface area contributed by atoms with Crippen LogP contribution in [-0.4, -0.2) is 17.5 Å². The number of para-hydroxylation sites is 2. The first-order chi connectivity index (χ1) is 11.5. The van der Waals surface area contributed by atoms with E-state index in [-0.39, 0.29) is 12.3 Å². The number of Topliss-reactive ketones (excluding diaryl/α,β-unsaturated/α-hetero) is 1. The van der Waals surface area contributed by atoms with E-state index in [1.807, 2.05) is 0 Å². The van der Waals surface area contributed by atoms with Gasteiger partial charge in [0.15, 0.2) is 17.6 Å². The summed E-state index contributed by atoms with van der Waals surface area (Å²) in [6.07, 6.45) is 0. The quantitative estimate of drug-likeness (QED) is 0.530. The molecule has 0 saturated carbocycles. The molecule has 4 nitrogen and oxygen atoms in total. The molecule has 0 N–H and O–H groups in total. The van der Waals surface area contributed by atoms with E-state index < -0.39 is 6.55 Å². The van der Waals surface area contributed by atoms with Crippen LogP contribution in [0.5, 0.6) is 5.75 Å². The van der Waals surface area contributed by atoms with Crippen LogP contribution in [0, 0.1) is 6.92 Å². The number of carbonyl (C=O) groups excluding carboxylic acids is 1. The van der Waals surface area contributed by atoms with Gasteiger partial charge in [0.25, 0.3) is 5.82 Å². The van der Waals surface area contributed by atoms with Crippen molar-refractivity contribution in [2.24, 2.45) is 0 Å². The molecule has 1 aromatic heterocycles. The average molecular weight is 331 g/mol. The summed E-state index contributed by atoms with van der Waals surface area (Å²) in [5, 5.41) is 0. The number of fused-ring (bicyclic) bond motifs is 1. The molecular weight excluding hydrogens is 314 g/mol. The molecule has 0 radical (unpaired) electrons. The Labute approximate surface area is 137 Å². The standard InChI is InChI=1S/C18H17F2N2O2/c1-12-21(11-17(23)13-7-9-14(24-2)10-8-13)15-5-3-4-6-16(15)22(12)18(19)20/h3-10,18H,11H2,1-2H3/q+1. The Bertz CT molecular complexity index is 886. The van der Waals surface area contributed by atoms with Crippen molar-refractivity contribution in [1.82, 2.24) is 4.57 Å². The largest absolute Gasteiger partial charge is 0.497 e. The molecule has 2 aromatic carbocycles. The van der Waals surface area contributed by atoms with E-state index in [1.54, 1.807) is 67.1 Å². The molecule has 3 aromatic rings. The fraction of sp³-hybridized carbons (Fsp3) is 0.222. The lowest BCUT2D eigenvalue weighted by atomic mass is 10.1. The van der Waals surface area contributed by atoms with Crippen LogP contribution in [0.1, 0.15) is 22.7 Å². The van der Waals surface area contributed by atoms with Crippen LogP contribution < -0.4 is 9.30 Å². The molecule has 0 aliphatic heterocycles. The molecule has 6 heteroatoms. The Balaban J connectivity index is 2.00. The summed E-state index contributed by atoms with van der Waals surface area (Å²) >= 11 is 0. The van der Waals surface area contributed by atoms with Gasteiger partial charge in [-0.3, -0.25) is 4.79 Å². The van der Waals surface area contributed by atoms with Crippen LogP contribution in [0.4, 0.5) is 8.78 Å². The number of rotatable bonds is 5. The number of aromatic nitrogens is 2. The lowest BCUT2D eigenvalue weighted by Gasteiger charge is -2.03. The minimum absolute atomic E-state index is 0.00159. The van der Waals surface area contributed by atoms with Gasteiger partial charge in [-0.1, -0.05) is 12.1 Å². The van der Waals surface area contributed by atoms with E-state index in [2.05, 4.69) is 0 Å². The van der Waals surface area contributed by atoms with Crippen LogP contribution in [0.2, 0.25) is 0 Å². The van der Waals surface area contributed by atoms with Gasteiger partial charge in [0.1, 0.15) is 5.75 Å². The summed E-state index contributed by atoms with van der Waals surface area (Å²) in [6.45, 7) is -1.07. The third kappa shape index (κ3) is 2.75. The molecule has 1 heterocycles. The van der Waals surface area contributed by atoms with Gasteiger partial charge in [-0.15, -0.1) is 0 Å². The zero-order valence-corrected chi connectivity index (χ0v) is 13.4. The number of nitrogens with zero attached hydrogens (tertiary/aromatic N) is 2. The van der Waals surface area contributed by atoms with E-state index in [1.165, 1.54) is 0 Å². The highest BCUT2D eigenvalue weighted by molar-refractivity contribution is 5.95. The van der Waals surface area contributed by atoms with Crippen LogP contribution in [0.25, 0.3) is 11.0 Å². The van der Waals surface area contributed by atoms with Crippen LogP contribution in [0.15, 0.2) is 48.5 Å². The van der Waals surface area contributed by atoms with Gasteiger partial charge in [0, 0.05) is 12.5 Å². The number of ketones is 1. The van der Waals surface area contributed by atoms with Gasteiger partial charge in [-0.05, 0) is 36.4 Å². The molecule has 0 fully saturated rings. The smallest absolute Gasteiger partial charge is 0.387 e. The first-order valence-corrected chi connectivity index (χ1v) is 7.47. The van der Waals surface area contributed by atoms with Gasteiger partial charge in [-0.25, -0.2) is 4.57 Å². The van der Waals surface area contributed by atoms with Crippen molar-refractivity contribution in [3.63, 3.8) is 0 Å². The van der Waals surface area contributed by atoms with Crippen molar-refractivity contribution in [2.75, 3.05) is 7.11 Å². The molecule has 24 heavy (non-hydrogen) atoms.